The van der Waals surface area contributed by atoms with Gasteiger partial charge in [0.15, 0.2) is 9.84 Å². The van der Waals surface area contributed by atoms with E-state index in [0.29, 0.717) is 23.4 Å². The predicted octanol–water partition coefficient (Wildman–Crippen LogP) is 4.08. The van der Waals surface area contributed by atoms with Crippen LogP contribution in [0.25, 0.3) is 0 Å². The fourth-order valence-electron chi connectivity index (χ4n) is 2.35. The lowest BCUT2D eigenvalue weighted by molar-refractivity contribution is 0.0499. The Labute approximate surface area is 165 Å². The van der Waals surface area contributed by atoms with Crippen LogP contribution in [0, 0.1) is 0 Å². The normalized spacial score (nSPS) is 11.3. The van der Waals surface area contributed by atoms with Gasteiger partial charge in [0.2, 0.25) is 0 Å². The highest BCUT2D eigenvalue weighted by molar-refractivity contribution is 7.92. The van der Waals surface area contributed by atoms with Crippen LogP contribution in [0.4, 0.5) is 5.69 Å². The van der Waals surface area contributed by atoms with Gasteiger partial charge in [-0.05, 0) is 68.8 Å². The molecule has 150 valence electrons. The van der Waals surface area contributed by atoms with Crippen molar-refractivity contribution >= 4 is 27.4 Å². The van der Waals surface area contributed by atoms with Crippen molar-refractivity contribution in [1.29, 1.82) is 0 Å². The van der Waals surface area contributed by atoms with Crippen LogP contribution >= 0.6 is 0 Å². The van der Waals surface area contributed by atoms with Crippen LogP contribution in [0.2, 0.25) is 0 Å². The largest absolute Gasteiger partial charge is 0.462 e. The Morgan fingerprint density at radius 2 is 1.54 bits per heavy atom. The topological polar surface area (TPSA) is 89.5 Å². The number of benzene rings is 2. The van der Waals surface area contributed by atoms with Gasteiger partial charge in [0, 0.05) is 11.3 Å². The van der Waals surface area contributed by atoms with Gasteiger partial charge >= 0.3 is 5.97 Å². The maximum Gasteiger partial charge on any atom is 0.338 e. The molecule has 0 heterocycles. The van der Waals surface area contributed by atoms with Crippen molar-refractivity contribution in [2.75, 3.05) is 11.9 Å². The highest BCUT2D eigenvalue weighted by Gasteiger charge is 2.19. The van der Waals surface area contributed by atoms with Crippen molar-refractivity contribution < 1.29 is 22.7 Å². The summed E-state index contributed by atoms with van der Waals surface area (Å²) in [6.07, 6.45) is 1.76. The summed E-state index contributed by atoms with van der Waals surface area (Å²) in [7, 11) is -3.38. The van der Waals surface area contributed by atoms with Crippen molar-refractivity contribution in [3.05, 3.63) is 59.7 Å². The summed E-state index contributed by atoms with van der Waals surface area (Å²) in [4.78, 5) is 24.4. The summed E-state index contributed by atoms with van der Waals surface area (Å²) in [5, 5.41) is 2.19. The molecule has 2 rings (SSSR count). The zero-order valence-corrected chi connectivity index (χ0v) is 17.1. The third-order valence-corrected chi connectivity index (χ3v) is 6.35. The van der Waals surface area contributed by atoms with E-state index in [9.17, 15) is 18.0 Å². The molecular weight excluding hydrogens is 378 g/mol. The SMILES string of the molecule is CCCCOC(=O)c1ccc(NC(=O)c2ccc(S(=O)(=O)C(C)C)cc2)cc1. The summed E-state index contributed by atoms with van der Waals surface area (Å²) in [6, 6.07) is 12.2. The van der Waals surface area contributed by atoms with E-state index >= 15 is 0 Å². The number of unbranched alkanes of at least 4 members (excludes halogenated alkanes) is 1. The van der Waals surface area contributed by atoms with Crippen molar-refractivity contribution in [3.8, 4) is 0 Å². The fraction of sp³-hybridized carbons (Fsp3) is 0.333. The molecule has 0 aliphatic rings. The van der Waals surface area contributed by atoms with Gasteiger partial charge in [-0.25, -0.2) is 13.2 Å². The molecule has 0 atom stereocenters. The van der Waals surface area contributed by atoms with Gasteiger partial charge in [-0.3, -0.25) is 4.79 Å². The summed E-state index contributed by atoms with van der Waals surface area (Å²) in [6.45, 7) is 5.62. The van der Waals surface area contributed by atoms with E-state index in [4.69, 9.17) is 4.74 Å². The maximum absolute atomic E-state index is 12.3. The monoisotopic (exact) mass is 403 g/mol. The second kappa shape index (κ2) is 9.50. The van der Waals surface area contributed by atoms with Crippen LogP contribution in [0.1, 0.15) is 54.3 Å². The highest BCUT2D eigenvalue weighted by atomic mass is 32.2. The zero-order valence-electron chi connectivity index (χ0n) is 16.3. The Hall–Kier alpha value is -2.67. The van der Waals surface area contributed by atoms with Crippen molar-refractivity contribution in [2.24, 2.45) is 0 Å². The van der Waals surface area contributed by atoms with Crippen LogP contribution in [-0.2, 0) is 14.6 Å². The lowest BCUT2D eigenvalue weighted by Gasteiger charge is -2.09. The van der Waals surface area contributed by atoms with E-state index in [1.54, 1.807) is 38.1 Å². The summed E-state index contributed by atoms with van der Waals surface area (Å²) >= 11 is 0. The number of carbonyl (C=O) groups is 2. The van der Waals surface area contributed by atoms with Crippen LogP contribution in [0.15, 0.2) is 53.4 Å². The van der Waals surface area contributed by atoms with Gasteiger partial charge in [0.25, 0.3) is 5.91 Å². The lowest BCUT2D eigenvalue weighted by atomic mass is 10.2. The Morgan fingerprint density at radius 1 is 0.964 bits per heavy atom. The number of esters is 1. The summed E-state index contributed by atoms with van der Waals surface area (Å²) in [5.74, 6) is -0.764. The van der Waals surface area contributed by atoms with Gasteiger partial charge < -0.3 is 10.1 Å². The molecule has 1 N–H and O–H groups in total. The number of ether oxygens (including phenoxy) is 1. The number of rotatable bonds is 8. The molecule has 0 aliphatic heterocycles. The van der Waals surface area contributed by atoms with Crippen molar-refractivity contribution in [2.45, 2.75) is 43.8 Å². The molecule has 0 radical (unpaired) electrons. The number of carbonyl (C=O) groups excluding carboxylic acids is 2. The molecule has 0 unspecified atom stereocenters. The molecule has 28 heavy (non-hydrogen) atoms. The van der Waals surface area contributed by atoms with Gasteiger partial charge in [0.05, 0.1) is 22.3 Å². The molecule has 2 aromatic rings. The highest BCUT2D eigenvalue weighted by Crippen LogP contribution is 2.18. The van der Waals surface area contributed by atoms with E-state index in [1.807, 2.05) is 6.92 Å². The minimum Gasteiger partial charge on any atom is -0.462 e. The Bertz CT molecular complexity index is 916. The number of hydrogen-bond acceptors (Lipinski definition) is 5. The first-order valence-corrected chi connectivity index (χ1v) is 10.7. The molecular formula is C21H25NO5S. The number of hydrogen-bond donors (Lipinski definition) is 1. The predicted molar refractivity (Wildman–Crippen MR) is 108 cm³/mol. The van der Waals surface area contributed by atoms with E-state index in [1.165, 1.54) is 24.3 Å². The molecule has 6 nitrogen and oxygen atoms in total. The second-order valence-electron chi connectivity index (χ2n) is 6.64. The van der Waals surface area contributed by atoms with E-state index in [-0.39, 0.29) is 10.8 Å². The molecule has 2 aromatic carbocycles. The molecule has 7 heteroatoms. The first-order valence-electron chi connectivity index (χ1n) is 9.18. The van der Waals surface area contributed by atoms with Gasteiger partial charge in [-0.1, -0.05) is 13.3 Å². The lowest BCUT2D eigenvalue weighted by Crippen LogP contribution is -2.15. The molecule has 0 aromatic heterocycles. The number of sulfone groups is 1. The molecule has 1 amide bonds. The standard InChI is InChI=1S/C21H25NO5S/c1-4-5-14-27-21(24)17-6-10-18(11-7-17)22-20(23)16-8-12-19(13-9-16)28(25,26)15(2)3/h6-13,15H,4-5,14H2,1-3H3,(H,22,23). The zero-order chi connectivity index (χ0) is 20.7. The molecule has 0 saturated carbocycles. The minimum atomic E-state index is -3.38. The quantitative estimate of drug-likeness (QED) is 0.530. The smallest absolute Gasteiger partial charge is 0.338 e. The van der Waals surface area contributed by atoms with Crippen LogP contribution in [-0.4, -0.2) is 32.2 Å². The van der Waals surface area contributed by atoms with Gasteiger partial charge in [0.1, 0.15) is 0 Å². The first kappa shape index (κ1) is 21.6. The maximum atomic E-state index is 12.3. The average molecular weight is 404 g/mol. The molecule has 0 bridgehead atoms. The minimum absolute atomic E-state index is 0.185. The fourth-order valence-corrected chi connectivity index (χ4v) is 3.41. The van der Waals surface area contributed by atoms with Crippen LogP contribution < -0.4 is 5.32 Å². The number of amides is 1. The Balaban J connectivity index is 2.02. The number of anilines is 1. The third-order valence-electron chi connectivity index (χ3n) is 4.18. The average Bonchev–Trinajstić information content (AvgIpc) is 2.68. The summed E-state index contributed by atoms with van der Waals surface area (Å²) < 4.78 is 29.4. The van der Waals surface area contributed by atoms with Crippen LogP contribution in [0.5, 0.6) is 0 Å². The molecule has 0 fully saturated rings. The third kappa shape index (κ3) is 5.42. The van der Waals surface area contributed by atoms with Crippen LogP contribution in [0.3, 0.4) is 0 Å². The van der Waals surface area contributed by atoms with E-state index in [0.717, 1.165) is 12.8 Å². The van der Waals surface area contributed by atoms with E-state index < -0.39 is 21.1 Å². The number of nitrogens with one attached hydrogen (secondary N) is 1. The molecule has 0 saturated heterocycles. The molecule has 0 aliphatic carbocycles. The summed E-state index contributed by atoms with van der Waals surface area (Å²) in [5.41, 5.74) is 1.28. The Morgan fingerprint density at radius 3 is 2.07 bits per heavy atom. The molecule has 0 spiro atoms. The Kier molecular flexibility index (Phi) is 7.34. The second-order valence-corrected chi connectivity index (χ2v) is 9.14. The van der Waals surface area contributed by atoms with Gasteiger partial charge in [-0.2, -0.15) is 0 Å². The van der Waals surface area contributed by atoms with Crippen molar-refractivity contribution in [1.82, 2.24) is 0 Å². The van der Waals surface area contributed by atoms with Crippen molar-refractivity contribution in [3.63, 3.8) is 0 Å². The van der Waals surface area contributed by atoms with Gasteiger partial charge in [-0.15, -0.1) is 0 Å². The van der Waals surface area contributed by atoms with E-state index in [2.05, 4.69) is 5.32 Å². The first-order chi connectivity index (χ1) is 13.3.